The highest BCUT2D eigenvalue weighted by atomic mass is 35.5. The topological polar surface area (TPSA) is 48.7 Å². The lowest BCUT2D eigenvalue weighted by atomic mass is 9.81. The summed E-state index contributed by atoms with van der Waals surface area (Å²) in [5.74, 6) is 0.409. The summed E-state index contributed by atoms with van der Waals surface area (Å²) in [6.45, 7) is 5.35. The van der Waals surface area contributed by atoms with Crippen LogP contribution in [0.25, 0.3) is 22.2 Å². The first-order chi connectivity index (χ1) is 20.1. The fourth-order valence-corrected chi connectivity index (χ4v) is 8.82. The second kappa shape index (κ2) is 11.6. The number of rotatable bonds is 6. The third-order valence-electron chi connectivity index (χ3n) is 10.7. The van der Waals surface area contributed by atoms with Crippen molar-refractivity contribution in [1.29, 1.82) is 0 Å². The monoisotopic (exact) mass is 573 g/mol. The Morgan fingerprint density at radius 1 is 0.878 bits per heavy atom. The van der Waals surface area contributed by atoms with Gasteiger partial charge in [0.2, 0.25) is 0 Å². The number of hydrogen-bond acceptors (Lipinski definition) is 3. The second-order valence-electron chi connectivity index (χ2n) is 13.2. The largest absolute Gasteiger partial charge is 0.478 e. The van der Waals surface area contributed by atoms with Crippen LogP contribution in [-0.2, 0) is 6.54 Å². The molecule has 0 radical (unpaired) electrons. The smallest absolute Gasteiger partial charge is 0.335 e. The van der Waals surface area contributed by atoms with Crippen molar-refractivity contribution in [3.63, 3.8) is 0 Å². The van der Waals surface area contributed by atoms with Crippen molar-refractivity contribution in [3.8, 4) is 11.3 Å². The van der Waals surface area contributed by atoms with E-state index in [4.69, 9.17) is 11.6 Å². The molecule has 5 nitrogen and oxygen atoms in total. The van der Waals surface area contributed by atoms with Gasteiger partial charge in [0, 0.05) is 59.4 Å². The van der Waals surface area contributed by atoms with Gasteiger partial charge < -0.3 is 19.5 Å². The normalized spacial score (nSPS) is 22.6. The third-order valence-corrected chi connectivity index (χ3v) is 10.9. The summed E-state index contributed by atoms with van der Waals surface area (Å²) in [7, 11) is 0. The minimum Gasteiger partial charge on any atom is -0.478 e. The molecule has 3 aromatic rings. The van der Waals surface area contributed by atoms with Crippen LogP contribution in [0.5, 0.6) is 0 Å². The van der Waals surface area contributed by atoms with Crippen LogP contribution in [0, 0.1) is 5.92 Å². The van der Waals surface area contributed by atoms with Crippen molar-refractivity contribution in [2.24, 2.45) is 5.92 Å². The van der Waals surface area contributed by atoms with Gasteiger partial charge in [-0.05, 0) is 99.2 Å². The summed E-state index contributed by atoms with van der Waals surface area (Å²) in [4.78, 5) is 17.4. The molecule has 4 aliphatic rings. The molecule has 0 bridgehead atoms. The molecule has 218 valence electrons. The molecule has 41 heavy (non-hydrogen) atoms. The lowest BCUT2D eigenvalue weighted by Gasteiger charge is -2.37. The van der Waals surface area contributed by atoms with E-state index in [2.05, 4.69) is 32.6 Å². The maximum Gasteiger partial charge on any atom is 0.335 e. The van der Waals surface area contributed by atoms with E-state index in [9.17, 15) is 9.90 Å². The minimum absolute atomic E-state index is 0.370. The first-order valence-corrected chi connectivity index (χ1v) is 16.6. The number of aromatic nitrogens is 1. The van der Waals surface area contributed by atoms with Crippen molar-refractivity contribution in [2.45, 2.75) is 95.6 Å². The number of carboxylic acid groups (broad SMARTS) is 1. The number of likely N-dealkylation sites (tertiary alicyclic amines) is 1. The van der Waals surface area contributed by atoms with E-state index in [1.165, 1.54) is 118 Å². The number of fused-ring (bicyclic) bond motifs is 5. The van der Waals surface area contributed by atoms with Crippen LogP contribution in [0.4, 0.5) is 5.69 Å². The third kappa shape index (κ3) is 5.29. The number of carboxylic acids is 1. The zero-order chi connectivity index (χ0) is 27.9. The van der Waals surface area contributed by atoms with Crippen molar-refractivity contribution in [3.05, 3.63) is 52.5 Å². The van der Waals surface area contributed by atoms with E-state index in [-0.39, 0.29) is 0 Å². The quantitative estimate of drug-likeness (QED) is 0.321. The molecular weight excluding hydrogens is 530 g/mol. The molecule has 1 aromatic heterocycles. The first kappa shape index (κ1) is 27.3. The molecule has 3 fully saturated rings. The molecule has 2 aliphatic heterocycles. The molecule has 1 atom stereocenters. The number of nitrogens with zero attached hydrogens (tertiary/aromatic N) is 3. The van der Waals surface area contributed by atoms with Crippen molar-refractivity contribution in [2.75, 3.05) is 31.1 Å². The maximum absolute atomic E-state index is 12.0. The molecule has 0 spiro atoms. The van der Waals surface area contributed by atoms with Gasteiger partial charge in [0.05, 0.1) is 11.3 Å². The van der Waals surface area contributed by atoms with E-state index in [0.29, 0.717) is 11.5 Å². The lowest BCUT2D eigenvalue weighted by Crippen LogP contribution is -2.42. The molecule has 2 aromatic carbocycles. The van der Waals surface area contributed by atoms with Crippen molar-refractivity contribution in [1.82, 2.24) is 9.47 Å². The number of anilines is 1. The van der Waals surface area contributed by atoms with E-state index < -0.39 is 5.97 Å². The van der Waals surface area contributed by atoms with Crippen molar-refractivity contribution < 1.29 is 9.90 Å². The van der Waals surface area contributed by atoms with Gasteiger partial charge in [-0.1, -0.05) is 49.8 Å². The van der Waals surface area contributed by atoms with Gasteiger partial charge in [0.25, 0.3) is 0 Å². The Labute approximate surface area is 249 Å². The van der Waals surface area contributed by atoms with E-state index in [1.807, 2.05) is 12.1 Å². The number of aromatic carboxylic acids is 1. The predicted molar refractivity (Wildman–Crippen MR) is 169 cm³/mol. The molecule has 3 heterocycles. The average Bonchev–Trinajstić information content (AvgIpc) is 3.61. The summed E-state index contributed by atoms with van der Waals surface area (Å²) in [6.07, 6.45) is 15.7. The molecular formula is C35H44ClN3O2. The SMILES string of the molecule is O=C(O)c1ccc2c(C3CCCCC3)c3n(c2c1)CCN(CC[C@H]1CCCN(C2CCCC2)C1)c1cc(Cl)ccc1-3. The molecule has 0 amide bonds. The van der Waals surface area contributed by atoms with Gasteiger partial charge >= 0.3 is 5.97 Å². The second-order valence-corrected chi connectivity index (χ2v) is 13.6. The van der Waals surface area contributed by atoms with Crippen LogP contribution in [0.3, 0.4) is 0 Å². The lowest BCUT2D eigenvalue weighted by molar-refractivity contribution is 0.0697. The number of halogens is 1. The zero-order valence-corrected chi connectivity index (χ0v) is 25.0. The Morgan fingerprint density at radius 2 is 1.68 bits per heavy atom. The van der Waals surface area contributed by atoms with Crippen LogP contribution in [0.1, 0.15) is 98.9 Å². The fraction of sp³-hybridized carbons (Fsp3) is 0.571. The highest BCUT2D eigenvalue weighted by Gasteiger charge is 2.32. The molecule has 2 saturated carbocycles. The van der Waals surface area contributed by atoms with Gasteiger partial charge in [-0.2, -0.15) is 0 Å². The van der Waals surface area contributed by atoms with Crippen LogP contribution >= 0.6 is 11.6 Å². The highest BCUT2D eigenvalue weighted by Crippen LogP contribution is 2.48. The highest BCUT2D eigenvalue weighted by molar-refractivity contribution is 6.31. The maximum atomic E-state index is 12.0. The Morgan fingerprint density at radius 3 is 2.49 bits per heavy atom. The summed E-state index contributed by atoms with van der Waals surface area (Å²) in [5, 5.41) is 11.9. The zero-order valence-electron chi connectivity index (χ0n) is 24.3. The van der Waals surface area contributed by atoms with Crippen LogP contribution < -0.4 is 4.90 Å². The summed E-state index contributed by atoms with van der Waals surface area (Å²) in [6, 6.07) is 13.1. The standard InChI is InChI=1S/C35H44ClN3O2/c36-27-13-15-30-31(22-27)37(18-16-24-7-6-17-38(23-24)28-10-4-5-11-28)19-20-39-32-21-26(35(40)41)12-14-29(32)33(34(30)39)25-8-2-1-3-9-25/h12-15,21-22,24-25,28H,1-11,16-20,23H2,(H,40,41)/t24-/m1/s1. The molecule has 2 aliphatic carbocycles. The van der Waals surface area contributed by atoms with Gasteiger partial charge in [-0.3, -0.25) is 0 Å². The number of hydrogen-bond donors (Lipinski definition) is 1. The van der Waals surface area contributed by atoms with E-state index in [1.54, 1.807) is 6.07 Å². The Bertz CT molecular complexity index is 1420. The van der Waals surface area contributed by atoms with Gasteiger partial charge in [0.15, 0.2) is 0 Å². The van der Waals surface area contributed by atoms with Crippen molar-refractivity contribution >= 4 is 34.2 Å². The van der Waals surface area contributed by atoms with Gasteiger partial charge in [0.1, 0.15) is 0 Å². The van der Waals surface area contributed by atoms with Crippen LogP contribution in [0.2, 0.25) is 5.02 Å². The van der Waals surface area contributed by atoms with Gasteiger partial charge in [-0.25, -0.2) is 4.79 Å². The Hall–Kier alpha value is -2.50. The summed E-state index contributed by atoms with van der Waals surface area (Å²) >= 11 is 6.68. The first-order valence-electron chi connectivity index (χ1n) is 16.2. The van der Waals surface area contributed by atoms with E-state index in [0.717, 1.165) is 42.1 Å². The van der Waals surface area contributed by atoms with E-state index >= 15 is 0 Å². The minimum atomic E-state index is -0.858. The summed E-state index contributed by atoms with van der Waals surface area (Å²) < 4.78 is 2.45. The summed E-state index contributed by atoms with van der Waals surface area (Å²) in [5.41, 5.74) is 6.68. The Kier molecular flexibility index (Phi) is 7.77. The Balaban J connectivity index is 1.24. The number of benzene rings is 2. The molecule has 1 N–H and O–H groups in total. The fourth-order valence-electron chi connectivity index (χ4n) is 8.65. The number of carbonyl (C=O) groups is 1. The number of piperidine rings is 1. The molecule has 7 rings (SSSR count). The molecule has 6 heteroatoms. The molecule has 0 unspecified atom stereocenters. The van der Waals surface area contributed by atoms with Gasteiger partial charge in [-0.15, -0.1) is 0 Å². The average molecular weight is 574 g/mol. The van der Waals surface area contributed by atoms with Crippen LogP contribution in [-0.4, -0.2) is 52.8 Å². The molecule has 1 saturated heterocycles. The van der Waals surface area contributed by atoms with Crippen LogP contribution in [0.15, 0.2) is 36.4 Å². The predicted octanol–water partition coefficient (Wildman–Crippen LogP) is 8.57.